The van der Waals surface area contributed by atoms with Gasteiger partial charge in [-0.2, -0.15) is 0 Å². The molecule has 26 heteroatoms. The maximum atomic E-state index is 14.9. The van der Waals surface area contributed by atoms with Crippen molar-refractivity contribution in [1.82, 2.24) is 0 Å². The zero-order valence-electron chi connectivity index (χ0n) is 72.3. The van der Waals surface area contributed by atoms with Crippen molar-refractivity contribution in [2.75, 3.05) is 26.4 Å². The first-order valence-corrected chi connectivity index (χ1v) is 48.1. The van der Waals surface area contributed by atoms with Crippen molar-refractivity contribution < 1.29 is 122 Å². The molecule has 116 heavy (non-hydrogen) atoms. The lowest BCUT2D eigenvalue weighted by atomic mass is 9.84. The number of rotatable bonds is 75. The number of phosphoric ester groups is 1. The molecule has 2 aliphatic heterocycles. The minimum Gasteiger partial charge on any atom is -0.463 e. The number of carbonyl (C=O) groups excluding carboxylic acids is 4. The van der Waals surface area contributed by atoms with Gasteiger partial charge < -0.3 is 88.7 Å². The lowest BCUT2D eigenvalue weighted by molar-refractivity contribution is -0.360. The van der Waals surface area contributed by atoms with Crippen molar-refractivity contribution >= 4 is 31.7 Å². The summed E-state index contributed by atoms with van der Waals surface area (Å²) in [7, 11) is -5.81. The Labute approximate surface area is 698 Å². The van der Waals surface area contributed by atoms with Gasteiger partial charge in [-0.15, -0.1) is 0 Å². The van der Waals surface area contributed by atoms with E-state index in [-0.39, 0.29) is 32.1 Å². The van der Waals surface area contributed by atoms with Gasteiger partial charge in [-0.05, 0) is 77.0 Å². The summed E-state index contributed by atoms with van der Waals surface area (Å²) in [6.07, 6.45) is 29.0. The van der Waals surface area contributed by atoms with Crippen molar-refractivity contribution in [3.8, 4) is 0 Å². The number of aliphatic hydroxyl groups excluding tert-OH is 9. The first kappa shape index (κ1) is 107. The standard InChI is InChI=1S/C90H165O25P/c1-5-9-13-17-21-25-29-33-35-37-41-43-47-51-55-59-63-74(93)107-69-72-78(97)80(99)84(103)90(111-72)114-87-85(112-76(95)65-61-57-53-49-45-39-32-28-24-20-16-12-8-4)81(100)82(101)86(113-89-83(102)79(98)77(96)71(66-91)110-89)88(87)115-116(104,105)108-68-70(109-75(94)64-60-56-52-48-44-38-31-27-23-19-15-11-7-3)67-106-73(92)62-58-54-50-46-42-40-36-34-30-26-22-18-14-10-6-2/h26,30,39,45,70-72,77-91,96-103H,5-25,27-29,31-38,40-44,46-69H2,1-4H3,(H,104,105)/b30-26-,45-39-. The average Bonchev–Trinajstić information content (AvgIpc) is 0.754. The third-order valence-electron chi connectivity index (χ3n) is 22.7. The molecule has 18 atom stereocenters. The van der Waals surface area contributed by atoms with Crippen molar-refractivity contribution in [2.45, 2.75) is 498 Å². The maximum absolute atomic E-state index is 14.9. The number of unbranched alkanes of at least 4 members (excludes halogenated alkanes) is 47. The molecule has 0 amide bonds. The quantitative estimate of drug-likeness (QED) is 0.00889. The van der Waals surface area contributed by atoms with Crippen LogP contribution in [-0.4, -0.2) is 205 Å². The van der Waals surface area contributed by atoms with Gasteiger partial charge in [0, 0.05) is 25.7 Å². The molecule has 0 aromatic heterocycles. The molecule has 0 radical (unpaired) electrons. The van der Waals surface area contributed by atoms with E-state index in [0.29, 0.717) is 32.1 Å². The van der Waals surface area contributed by atoms with Crippen LogP contribution < -0.4 is 0 Å². The lowest BCUT2D eigenvalue weighted by Gasteiger charge is -2.50. The number of ether oxygens (including phenoxy) is 8. The average molecular weight is 1680 g/mol. The molecule has 0 spiro atoms. The fourth-order valence-electron chi connectivity index (χ4n) is 15.2. The van der Waals surface area contributed by atoms with Crippen LogP contribution in [0.5, 0.6) is 0 Å². The topological polar surface area (TPSA) is 380 Å². The Morgan fingerprint density at radius 2 is 0.647 bits per heavy atom. The highest BCUT2D eigenvalue weighted by Crippen LogP contribution is 2.49. The van der Waals surface area contributed by atoms with Crippen LogP contribution in [0.25, 0.3) is 0 Å². The van der Waals surface area contributed by atoms with E-state index in [2.05, 4.69) is 52.0 Å². The Morgan fingerprint density at radius 1 is 0.336 bits per heavy atom. The molecule has 0 aromatic carbocycles. The lowest BCUT2D eigenvalue weighted by Crippen LogP contribution is -2.70. The van der Waals surface area contributed by atoms with Crippen molar-refractivity contribution in [2.24, 2.45) is 0 Å². The zero-order chi connectivity index (χ0) is 84.7. The van der Waals surface area contributed by atoms with E-state index in [4.69, 9.17) is 46.9 Å². The normalized spacial score (nSPS) is 25.2. The van der Waals surface area contributed by atoms with Crippen LogP contribution in [0.1, 0.15) is 394 Å². The summed E-state index contributed by atoms with van der Waals surface area (Å²) in [6, 6.07) is 0. The number of phosphoric acid groups is 1. The van der Waals surface area contributed by atoms with Gasteiger partial charge in [0.25, 0.3) is 0 Å². The molecule has 2 heterocycles. The number of hydrogen-bond acceptors (Lipinski definition) is 24. The summed E-state index contributed by atoms with van der Waals surface area (Å²) in [6.45, 7) is 5.56. The monoisotopic (exact) mass is 1680 g/mol. The van der Waals surface area contributed by atoms with Gasteiger partial charge >= 0.3 is 31.7 Å². The minimum absolute atomic E-state index is 0.0163. The third kappa shape index (κ3) is 49.3. The number of hydrogen-bond donors (Lipinski definition) is 10. The largest absolute Gasteiger partial charge is 0.472 e. The molecule has 680 valence electrons. The molecule has 18 unspecified atom stereocenters. The highest BCUT2D eigenvalue weighted by atomic mass is 31.2. The second-order valence-electron chi connectivity index (χ2n) is 33.2. The maximum Gasteiger partial charge on any atom is 0.472 e. The Bertz CT molecular complexity index is 2510. The van der Waals surface area contributed by atoms with E-state index in [1.54, 1.807) is 0 Å². The molecule has 1 aliphatic carbocycles. The highest BCUT2D eigenvalue weighted by molar-refractivity contribution is 7.47. The summed E-state index contributed by atoms with van der Waals surface area (Å²) < 4.78 is 73.3. The summed E-state index contributed by atoms with van der Waals surface area (Å²) in [5.74, 6) is -2.98. The Morgan fingerprint density at radius 3 is 1.04 bits per heavy atom. The van der Waals surface area contributed by atoms with Crippen LogP contribution in [0.15, 0.2) is 24.3 Å². The molecule has 0 bridgehead atoms. The number of allylic oxidation sites excluding steroid dienone is 4. The molecule has 10 N–H and O–H groups in total. The van der Waals surface area contributed by atoms with Crippen LogP contribution in [-0.2, 0) is 70.7 Å². The Hall–Kier alpha value is -3.05. The second kappa shape index (κ2) is 69.4. The molecule has 3 aliphatic rings. The summed E-state index contributed by atoms with van der Waals surface area (Å²) in [5, 5.41) is 102. The fraction of sp³-hybridized carbons (Fsp3) is 0.911. The van der Waals surface area contributed by atoms with Gasteiger partial charge in [-0.25, -0.2) is 4.57 Å². The van der Waals surface area contributed by atoms with E-state index in [1.807, 2.05) is 0 Å². The number of carbonyl (C=O) groups is 4. The molecule has 3 fully saturated rings. The van der Waals surface area contributed by atoms with Crippen molar-refractivity contribution in [1.29, 1.82) is 0 Å². The SMILES string of the molecule is CCCCCC/C=C\CCCCCCCCCC(=O)OCC(COP(=O)(O)OC1C(OC2OC(CO)C(O)C(O)C2O)C(O)C(O)C(OC(=O)CCCCC/C=C\CCCCCCCC)C1OC1OC(COC(=O)CCCCCCCCCCCCCCCCCC)C(O)C(O)C1O)OC(=O)CCCCCCCCCCCCCCC. The van der Waals surface area contributed by atoms with Crippen LogP contribution in [0, 0.1) is 0 Å². The Kier molecular flexibility index (Phi) is 64.1. The van der Waals surface area contributed by atoms with E-state index in [1.165, 1.54) is 161 Å². The van der Waals surface area contributed by atoms with E-state index < -0.39 is 162 Å². The summed E-state index contributed by atoms with van der Waals surface area (Å²) in [4.78, 5) is 66.4. The third-order valence-corrected chi connectivity index (χ3v) is 23.7. The molecule has 3 rings (SSSR count). The first-order chi connectivity index (χ1) is 56.2. The summed E-state index contributed by atoms with van der Waals surface area (Å²) in [5.41, 5.74) is 0. The van der Waals surface area contributed by atoms with Gasteiger partial charge in [0.2, 0.25) is 0 Å². The van der Waals surface area contributed by atoms with Crippen LogP contribution in [0.2, 0.25) is 0 Å². The van der Waals surface area contributed by atoms with Gasteiger partial charge in [0.15, 0.2) is 24.8 Å². The molecular weight excluding hydrogens is 1510 g/mol. The second-order valence-corrected chi connectivity index (χ2v) is 34.6. The Balaban J connectivity index is 1.91. The first-order valence-electron chi connectivity index (χ1n) is 46.6. The minimum atomic E-state index is -5.81. The summed E-state index contributed by atoms with van der Waals surface area (Å²) >= 11 is 0. The molecule has 25 nitrogen and oxygen atoms in total. The van der Waals surface area contributed by atoms with Gasteiger partial charge in [0.1, 0.15) is 92.6 Å². The molecular formula is C90H165O25P. The molecule has 1 saturated carbocycles. The van der Waals surface area contributed by atoms with Crippen molar-refractivity contribution in [3.63, 3.8) is 0 Å². The van der Waals surface area contributed by atoms with E-state index in [9.17, 15) is 74.6 Å². The predicted molar refractivity (Wildman–Crippen MR) is 449 cm³/mol. The van der Waals surface area contributed by atoms with Gasteiger partial charge in [-0.1, -0.05) is 315 Å². The van der Waals surface area contributed by atoms with E-state index in [0.717, 1.165) is 141 Å². The zero-order valence-corrected chi connectivity index (χ0v) is 73.2. The molecule has 0 aromatic rings. The van der Waals surface area contributed by atoms with Crippen molar-refractivity contribution in [3.05, 3.63) is 24.3 Å². The molecule has 2 saturated heterocycles. The van der Waals surface area contributed by atoms with Gasteiger partial charge in [-0.3, -0.25) is 28.2 Å². The smallest absolute Gasteiger partial charge is 0.463 e. The highest BCUT2D eigenvalue weighted by Gasteiger charge is 2.60. The van der Waals surface area contributed by atoms with Crippen LogP contribution in [0.4, 0.5) is 0 Å². The van der Waals surface area contributed by atoms with Crippen LogP contribution in [0.3, 0.4) is 0 Å². The van der Waals surface area contributed by atoms with Crippen LogP contribution >= 0.6 is 7.82 Å². The predicted octanol–water partition coefficient (Wildman–Crippen LogP) is 16.9. The van der Waals surface area contributed by atoms with Gasteiger partial charge in [0.05, 0.1) is 13.2 Å². The van der Waals surface area contributed by atoms with E-state index >= 15 is 0 Å². The number of esters is 4. The fourth-order valence-corrected chi connectivity index (χ4v) is 16.2. The number of aliphatic hydroxyl groups is 9.